The maximum Gasteiger partial charge on any atom is 0.415 e. The molecule has 1 aromatic rings. The number of hydrogen-bond acceptors (Lipinski definition) is 4. The predicted octanol–water partition coefficient (Wildman–Crippen LogP) is 3.03. The number of nitrogens with zero attached hydrogens (tertiary/aromatic N) is 2. The summed E-state index contributed by atoms with van der Waals surface area (Å²) in [6.07, 6.45) is -0.466. The Hall–Kier alpha value is -2.18. The van der Waals surface area contributed by atoms with Crippen LogP contribution in [0.3, 0.4) is 0 Å². The van der Waals surface area contributed by atoms with Crippen LogP contribution in [-0.4, -0.2) is 23.2 Å². The lowest BCUT2D eigenvalue weighted by Crippen LogP contribution is -2.36. The van der Waals surface area contributed by atoms with Crippen molar-refractivity contribution >= 4 is 17.5 Å². The maximum atomic E-state index is 13.7. The molecule has 0 spiro atoms. The van der Waals surface area contributed by atoms with Gasteiger partial charge in [0.2, 0.25) is 0 Å². The van der Waals surface area contributed by atoms with Crippen LogP contribution in [0.15, 0.2) is 12.1 Å². The third-order valence-electron chi connectivity index (χ3n) is 2.87. The third-order valence-corrected chi connectivity index (χ3v) is 2.87. The molecule has 0 unspecified atom stereocenters. The summed E-state index contributed by atoms with van der Waals surface area (Å²) in [5, 5.41) is 11.0. The molecule has 2 rings (SSSR count). The molecular formula is C13H15FN2O4. The van der Waals surface area contributed by atoms with Gasteiger partial charge in [-0.2, -0.15) is 0 Å². The Morgan fingerprint density at radius 3 is 2.65 bits per heavy atom. The number of fused-ring (bicyclic) bond motifs is 1. The van der Waals surface area contributed by atoms with Crippen LogP contribution in [0.4, 0.5) is 20.6 Å². The van der Waals surface area contributed by atoms with E-state index in [2.05, 4.69) is 0 Å². The first-order chi connectivity index (χ1) is 9.20. The van der Waals surface area contributed by atoms with E-state index in [9.17, 15) is 19.3 Å². The van der Waals surface area contributed by atoms with Gasteiger partial charge in [0.25, 0.3) is 5.69 Å². The molecule has 0 saturated heterocycles. The molecule has 0 aromatic heterocycles. The molecule has 0 radical (unpaired) electrons. The first kappa shape index (κ1) is 14.2. The largest absolute Gasteiger partial charge is 0.443 e. The highest BCUT2D eigenvalue weighted by Crippen LogP contribution is 2.39. The molecule has 0 fully saturated rings. The normalized spacial score (nSPS) is 14.1. The van der Waals surface area contributed by atoms with Crippen molar-refractivity contribution in [2.75, 3.05) is 11.4 Å². The Labute approximate surface area is 115 Å². The summed E-state index contributed by atoms with van der Waals surface area (Å²) < 4.78 is 18.9. The molecule has 7 heteroatoms. The molecule has 1 aliphatic rings. The second-order valence-corrected chi connectivity index (χ2v) is 5.53. The van der Waals surface area contributed by atoms with Gasteiger partial charge in [-0.15, -0.1) is 0 Å². The van der Waals surface area contributed by atoms with Gasteiger partial charge < -0.3 is 4.74 Å². The van der Waals surface area contributed by atoms with Crippen molar-refractivity contribution in [2.45, 2.75) is 32.8 Å². The van der Waals surface area contributed by atoms with Crippen molar-refractivity contribution in [2.24, 2.45) is 0 Å². The number of benzene rings is 1. The summed E-state index contributed by atoms with van der Waals surface area (Å²) in [6.45, 7) is 5.26. The van der Waals surface area contributed by atoms with Gasteiger partial charge in [0.15, 0.2) is 0 Å². The molecule has 0 aliphatic carbocycles. The van der Waals surface area contributed by atoms with Crippen LogP contribution in [0, 0.1) is 15.9 Å². The first-order valence-electron chi connectivity index (χ1n) is 6.17. The van der Waals surface area contributed by atoms with Crippen molar-refractivity contribution in [1.29, 1.82) is 0 Å². The number of hydrogen-bond donors (Lipinski definition) is 0. The minimum absolute atomic E-state index is 0.00394. The van der Waals surface area contributed by atoms with E-state index >= 15 is 0 Å². The van der Waals surface area contributed by atoms with Gasteiger partial charge in [0.05, 0.1) is 4.92 Å². The first-order valence-corrected chi connectivity index (χ1v) is 6.17. The van der Waals surface area contributed by atoms with E-state index in [4.69, 9.17) is 4.74 Å². The molecule has 6 nitrogen and oxygen atoms in total. The second-order valence-electron chi connectivity index (χ2n) is 5.53. The van der Waals surface area contributed by atoms with Gasteiger partial charge in [0, 0.05) is 18.2 Å². The molecular weight excluding hydrogens is 267 g/mol. The minimum atomic E-state index is -0.720. The van der Waals surface area contributed by atoms with Crippen LogP contribution < -0.4 is 4.90 Å². The SMILES string of the molecule is CC(C)(C)OC(=O)N1CCc2c(F)ccc([N+](=O)[O-])c21. The number of halogens is 1. The zero-order valence-corrected chi connectivity index (χ0v) is 11.5. The van der Waals surface area contributed by atoms with Crippen LogP contribution in [0.1, 0.15) is 26.3 Å². The van der Waals surface area contributed by atoms with Gasteiger partial charge in [-0.25, -0.2) is 9.18 Å². The summed E-state index contributed by atoms with van der Waals surface area (Å²) in [7, 11) is 0. The van der Waals surface area contributed by atoms with Crippen LogP contribution in [0.5, 0.6) is 0 Å². The van der Waals surface area contributed by atoms with Gasteiger partial charge in [-0.05, 0) is 33.3 Å². The van der Waals surface area contributed by atoms with Gasteiger partial charge in [0.1, 0.15) is 17.1 Å². The van der Waals surface area contributed by atoms with E-state index in [1.54, 1.807) is 20.8 Å². The fourth-order valence-corrected chi connectivity index (χ4v) is 2.12. The highest BCUT2D eigenvalue weighted by molar-refractivity contribution is 5.94. The molecule has 0 atom stereocenters. The third kappa shape index (κ3) is 2.56. The maximum absolute atomic E-state index is 13.7. The lowest BCUT2D eigenvalue weighted by Gasteiger charge is -2.24. The van der Waals surface area contributed by atoms with E-state index in [-0.39, 0.29) is 29.9 Å². The van der Waals surface area contributed by atoms with Gasteiger partial charge in [-0.3, -0.25) is 15.0 Å². The van der Waals surface area contributed by atoms with Crippen LogP contribution in [0.25, 0.3) is 0 Å². The van der Waals surface area contributed by atoms with E-state index < -0.39 is 22.4 Å². The summed E-state index contributed by atoms with van der Waals surface area (Å²) in [6, 6.07) is 2.12. The molecule has 0 bridgehead atoms. The molecule has 108 valence electrons. The molecule has 1 amide bonds. The van der Waals surface area contributed by atoms with Crippen molar-refractivity contribution in [3.05, 3.63) is 33.6 Å². The highest BCUT2D eigenvalue weighted by Gasteiger charge is 2.36. The van der Waals surface area contributed by atoms with Crippen LogP contribution >= 0.6 is 0 Å². The number of anilines is 1. The number of ether oxygens (including phenoxy) is 1. The molecule has 20 heavy (non-hydrogen) atoms. The lowest BCUT2D eigenvalue weighted by molar-refractivity contribution is -0.384. The van der Waals surface area contributed by atoms with Crippen molar-refractivity contribution in [3.63, 3.8) is 0 Å². The highest BCUT2D eigenvalue weighted by atomic mass is 19.1. The zero-order valence-electron chi connectivity index (χ0n) is 11.5. The minimum Gasteiger partial charge on any atom is -0.443 e. The van der Waals surface area contributed by atoms with Crippen LogP contribution in [0.2, 0.25) is 0 Å². The summed E-state index contributed by atoms with van der Waals surface area (Å²) in [5.41, 5.74) is -0.818. The van der Waals surface area contributed by atoms with Crippen LogP contribution in [-0.2, 0) is 11.2 Å². The predicted molar refractivity (Wildman–Crippen MR) is 70.3 cm³/mol. The molecule has 0 N–H and O–H groups in total. The number of nitro groups is 1. The quantitative estimate of drug-likeness (QED) is 0.586. The van der Waals surface area contributed by atoms with E-state index in [1.807, 2.05) is 0 Å². The zero-order chi connectivity index (χ0) is 15.1. The Morgan fingerprint density at radius 1 is 1.45 bits per heavy atom. The summed E-state index contributed by atoms with van der Waals surface area (Å²) in [4.78, 5) is 23.6. The monoisotopic (exact) mass is 282 g/mol. The average Bonchev–Trinajstić information content (AvgIpc) is 2.72. The van der Waals surface area contributed by atoms with Crippen molar-refractivity contribution < 1.29 is 18.8 Å². The van der Waals surface area contributed by atoms with Gasteiger partial charge >= 0.3 is 6.09 Å². The van der Waals surface area contributed by atoms with E-state index in [0.717, 1.165) is 17.0 Å². The topological polar surface area (TPSA) is 72.7 Å². The second kappa shape index (κ2) is 4.73. The number of nitro benzene ring substituents is 1. The Morgan fingerprint density at radius 2 is 2.10 bits per heavy atom. The lowest BCUT2D eigenvalue weighted by atomic mass is 10.1. The summed E-state index contributed by atoms with van der Waals surface area (Å²) in [5.74, 6) is -0.545. The number of carbonyl (C=O) groups excluding carboxylic acids is 1. The average molecular weight is 282 g/mol. The fourth-order valence-electron chi connectivity index (χ4n) is 2.12. The Kier molecular flexibility index (Phi) is 3.37. The van der Waals surface area contributed by atoms with E-state index in [0.29, 0.717) is 0 Å². The molecule has 1 heterocycles. The standard InChI is InChI=1S/C13H15FN2O4/c1-13(2,3)20-12(17)15-7-6-8-9(14)4-5-10(11(8)15)16(18)19/h4-5H,6-7H2,1-3H3. The van der Waals surface area contributed by atoms with Crippen molar-refractivity contribution in [1.82, 2.24) is 0 Å². The molecule has 1 aliphatic heterocycles. The number of amides is 1. The van der Waals surface area contributed by atoms with Gasteiger partial charge in [-0.1, -0.05) is 0 Å². The number of carbonyl (C=O) groups is 1. The Bertz CT molecular complexity index is 580. The molecule has 0 saturated carbocycles. The molecule has 1 aromatic carbocycles. The fraction of sp³-hybridized carbons (Fsp3) is 0.462. The Balaban J connectivity index is 2.43. The summed E-state index contributed by atoms with van der Waals surface area (Å²) >= 11 is 0. The smallest absolute Gasteiger partial charge is 0.415 e. The van der Waals surface area contributed by atoms with Crippen molar-refractivity contribution in [3.8, 4) is 0 Å². The number of rotatable bonds is 1. The van der Waals surface area contributed by atoms with E-state index in [1.165, 1.54) is 0 Å².